The monoisotopic (exact) mass is 475 g/mol. The van der Waals surface area contributed by atoms with Gasteiger partial charge in [-0.25, -0.2) is 4.79 Å². The number of rotatable bonds is 10. The van der Waals surface area contributed by atoms with Crippen molar-refractivity contribution in [1.82, 2.24) is 15.5 Å². The average molecular weight is 476 g/mol. The number of ether oxygens (including phenoxy) is 1. The number of hydrogen-bond acceptors (Lipinski definition) is 4. The second-order valence-corrected chi connectivity index (χ2v) is 11.2. The van der Waals surface area contributed by atoms with Crippen LogP contribution in [0.1, 0.15) is 93.2 Å². The van der Waals surface area contributed by atoms with E-state index in [9.17, 15) is 14.4 Å². The Morgan fingerprint density at radius 2 is 1.56 bits per heavy atom. The van der Waals surface area contributed by atoms with Crippen LogP contribution in [0.4, 0.5) is 4.79 Å². The Morgan fingerprint density at radius 1 is 0.971 bits per heavy atom. The first kappa shape index (κ1) is 29.5. The van der Waals surface area contributed by atoms with Gasteiger partial charge in [-0.2, -0.15) is 0 Å². The molecular formula is C27H45N3O4. The predicted molar refractivity (Wildman–Crippen MR) is 136 cm³/mol. The van der Waals surface area contributed by atoms with E-state index in [1.54, 1.807) is 25.7 Å². The van der Waals surface area contributed by atoms with E-state index in [2.05, 4.69) is 17.6 Å². The van der Waals surface area contributed by atoms with Gasteiger partial charge in [-0.1, -0.05) is 63.9 Å². The van der Waals surface area contributed by atoms with Crippen LogP contribution < -0.4 is 10.6 Å². The highest BCUT2D eigenvalue weighted by Gasteiger charge is 2.38. The van der Waals surface area contributed by atoms with Crippen molar-refractivity contribution in [3.63, 3.8) is 0 Å². The van der Waals surface area contributed by atoms with Gasteiger partial charge in [-0.05, 0) is 59.4 Å². The fourth-order valence-corrected chi connectivity index (χ4v) is 3.57. The zero-order valence-corrected chi connectivity index (χ0v) is 22.5. The van der Waals surface area contributed by atoms with Crippen molar-refractivity contribution >= 4 is 17.9 Å². The fraction of sp³-hybridized carbons (Fsp3) is 0.667. The zero-order chi connectivity index (χ0) is 26.1. The van der Waals surface area contributed by atoms with E-state index in [4.69, 9.17) is 4.74 Å². The summed E-state index contributed by atoms with van der Waals surface area (Å²) in [5.41, 5.74) is -0.419. The first-order chi connectivity index (χ1) is 15.7. The maximum atomic E-state index is 13.9. The van der Waals surface area contributed by atoms with Gasteiger partial charge in [0.15, 0.2) is 0 Å². The van der Waals surface area contributed by atoms with E-state index >= 15 is 0 Å². The van der Waals surface area contributed by atoms with Crippen LogP contribution in [0, 0.1) is 5.92 Å². The lowest BCUT2D eigenvalue weighted by Gasteiger charge is -2.37. The Kier molecular flexibility index (Phi) is 11.1. The summed E-state index contributed by atoms with van der Waals surface area (Å²) in [6, 6.07) is 7.68. The Labute approximate surface area is 206 Å². The maximum absolute atomic E-state index is 13.9. The summed E-state index contributed by atoms with van der Waals surface area (Å²) in [6.07, 6.45) is 2.02. The summed E-state index contributed by atoms with van der Waals surface area (Å²) in [6.45, 7) is 17.3. The van der Waals surface area contributed by atoms with Crippen LogP contribution in [0.2, 0.25) is 0 Å². The van der Waals surface area contributed by atoms with Gasteiger partial charge >= 0.3 is 6.09 Å². The van der Waals surface area contributed by atoms with Crippen molar-refractivity contribution in [1.29, 1.82) is 0 Å². The SMILES string of the molecule is CCCCCN(C(=O)C(NC(=O)OC(C)(C)C)C(C)C)C(C(=O)NC(C)(C)C)c1ccccc1. The van der Waals surface area contributed by atoms with Gasteiger partial charge in [0.05, 0.1) is 0 Å². The molecule has 2 N–H and O–H groups in total. The molecule has 0 aromatic heterocycles. The van der Waals surface area contributed by atoms with Crippen molar-refractivity contribution in [3.05, 3.63) is 35.9 Å². The summed E-state index contributed by atoms with van der Waals surface area (Å²) in [5, 5.41) is 5.79. The van der Waals surface area contributed by atoms with Crippen molar-refractivity contribution in [2.75, 3.05) is 6.54 Å². The lowest BCUT2D eigenvalue weighted by Crippen LogP contribution is -2.56. The van der Waals surface area contributed by atoms with E-state index in [0.29, 0.717) is 6.54 Å². The molecular weight excluding hydrogens is 430 g/mol. The maximum Gasteiger partial charge on any atom is 0.408 e. The molecule has 0 bridgehead atoms. The molecule has 0 saturated heterocycles. The molecule has 1 rings (SSSR count). The topological polar surface area (TPSA) is 87.7 Å². The van der Waals surface area contributed by atoms with Gasteiger partial charge < -0.3 is 20.3 Å². The first-order valence-electron chi connectivity index (χ1n) is 12.3. The number of alkyl carbamates (subject to hydrolysis) is 1. The molecule has 3 amide bonds. The highest BCUT2D eigenvalue weighted by atomic mass is 16.6. The quantitative estimate of drug-likeness (QED) is 0.455. The number of benzene rings is 1. The highest BCUT2D eigenvalue weighted by molar-refractivity contribution is 5.92. The Hall–Kier alpha value is -2.57. The molecule has 192 valence electrons. The van der Waals surface area contributed by atoms with Gasteiger partial charge in [0.25, 0.3) is 0 Å². The molecule has 0 radical (unpaired) electrons. The summed E-state index contributed by atoms with van der Waals surface area (Å²) in [4.78, 5) is 41.6. The van der Waals surface area contributed by atoms with Crippen molar-refractivity contribution in [2.45, 2.75) is 105 Å². The van der Waals surface area contributed by atoms with E-state index in [-0.39, 0.29) is 17.7 Å². The highest BCUT2D eigenvalue weighted by Crippen LogP contribution is 2.25. The van der Waals surface area contributed by atoms with E-state index in [1.165, 1.54) is 0 Å². The minimum Gasteiger partial charge on any atom is -0.444 e. The molecule has 7 nitrogen and oxygen atoms in total. The van der Waals surface area contributed by atoms with Crippen LogP contribution >= 0.6 is 0 Å². The van der Waals surface area contributed by atoms with Gasteiger partial charge in [0, 0.05) is 12.1 Å². The molecule has 2 atom stereocenters. The second kappa shape index (κ2) is 12.8. The van der Waals surface area contributed by atoms with Crippen molar-refractivity contribution < 1.29 is 19.1 Å². The Bertz CT molecular complexity index is 794. The van der Waals surface area contributed by atoms with Crippen LogP contribution in [0.3, 0.4) is 0 Å². The Balaban J connectivity index is 3.42. The number of nitrogens with one attached hydrogen (secondary N) is 2. The number of unbranched alkanes of at least 4 members (excludes halogenated alkanes) is 2. The molecule has 0 spiro atoms. The summed E-state index contributed by atoms with van der Waals surface area (Å²) >= 11 is 0. The fourth-order valence-electron chi connectivity index (χ4n) is 3.57. The molecule has 1 aromatic carbocycles. The Morgan fingerprint density at radius 3 is 2.03 bits per heavy atom. The summed E-state index contributed by atoms with van der Waals surface area (Å²) < 4.78 is 5.41. The molecule has 0 aliphatic heterocycles. The van der Waals surface area contributed by atoms with E-state index in [0.717, 1.165) is 24.8 Å². The number of carbonyl (C=O) groups excluding carboxylic acids is 3. The standard InChI is InChI=1S/C27H45N3O4/c1-10-11-15-18-30(24(32)21(19(2)3)28-25(33)34-27(7,8)9)22(20-16-13-12-14-17-20)23(31)29-26(4,5)6/h12-14,16-17,19,21-22H,10-11,15,18H2,1-9H3,(H,28,33)(H,29,31). The smallest absolute Gasteiger partial charge is 0.408 e. The third kappa shape index (κ3) is 10.1. The predicted octanol–water partition coefficient (Wildman–Crippen LogP) is 5.21. The average Bonchev–Trinajstić information content (AvgIpc) is 2.68. The third-order valence-electron chi connectivity index (χ3n) is 5.06. The largest absolute Gasteiger partial charge is 0.444 e. The molecule has 0 aliphatic rings. The minimum atomic E-state index is -0.829. The van der Waals surface area contributed by atoms with Crippen LogP contribution in [0.5, 0.6) is 0 Å². The molecule has 0 aliphatic carbocycles. The number of nitrogens with zero attached hydrogens (tertiary/aromatic N) is 1. The summed E-state index contributed by atoms with van der Waals surface area (Å²) in [7, 11) is 0. The molecule has 0 fully saturated rings. The number of carbonyl (C=O) groups is 3. The number of hydrogen-bond donors (Lipinski definition) is 2. The lowest BCUT2D eigenvalue weighted by atomic mass is 9.97. The van der Waals surface area contributed by atoms with E-state index in [1.807, 2.05) is 65.0 Å². The van der Waals surface area contributed by atoms with Gasteiger partial charge in [0.1, 0.15) is 17.7 Å². The first-order valence-corrected chi connectivity index (χ1v) is 12.3. The van der Waals surface area contributed by atoms with Gasteiger partial charge in [-0.3, -0.25) is 9.59 Å². The lowest BCUT2D eigenvalue weighted by molar-refractivity contribution is -0.144. The molecule has 0 heterocycles. The van der Waals surface area contributed by atoms with Crippen LogP contribution in [-0.2, 0) is 14.3 Å². The minimum absolute atomic E-state index is 0.198. The van der Waals surface area contributed by atoms with Crippen molar-refractivity contribution in [2.24, 2.45) is 5.92 Å². The third-order valence-corrected chi connectivity index (χ3v) is 5.06. The molecule has 2 unspecified atom stereocenters. The van der Waals surface area contributed by atoms with Gasteiger partial charge in [-0.15, -0.1) is 0 Å². The normalized spacial score (nSPS) is 13.7. The molecule has 34 heavy (non-hydrogen) atoms. The summed E-state index contributed by atoms with van der Waals surface area (Å²) in [5.74, 6) is -0.742. The molecule has 0 saturated carbocycles. The molecule has 1 aromatic rings. The van der Waals surface area contributed by atoms with Crippen molar-refractivity contribution in [3.8, 4) is 0 Å². The number of amides is 3. The van der Waals surface area contributed by atoms with Gasteiger partial charge in [0.2, 0.25) is 11.8 Å². The van der Waals surface area contributed by atoms with Crippen LogP contribution in [0.25, 0.3) is 0 Å². The zero-order valence-electron chi connectivity index (χ0n) is 22.5. The molecule has 7 heteroatoms. The second-order valence-electron chi connectivity index (χ2n) is 11.2. The van der Waals surface area contributed by atoms with Crippen LogP contribution in [-0.4, -0.2) is 46.5 Å². The van der Waals surface area contributed by atoms with E-state index < -0.39 is 29.3 Å². The van der Waals surface area contributed by atoms with Crippen LogP contribution in [0.15, 0.2) is 30.3 Å².